The van der Waals surface area contributed by atoms with Gasteiger partial charge in [-0.15, -0.1) is 0 Å². The Balaban J connectivity index is 1.81. The summed E-state index contributed by atoms with van der Waals surface area (Å²) in [6.45, 7) is 11.1. The monoisotopic (exact) mass is 557 g/mol. The normalized spacial score (nSPS) is 11.7. The van der Waals surface area contributed by atoms with Crippen LogP contribution in [0.3, 0.4) is 0 Å². The van der Waals surface area contributed by atoms with E-state index in [1.807, 2.05) is 65.6 Å². The van der Waals surface area contributed by atoms with Crippen LogP contribution in [0.15, 0.2) is 85.1 Å². The molecule has 0 fully saturated rings. The third kappa shape index (κ3) is 7.81. The highest BCUT2D eigenvalue weighted by Gasteiger charge is 2.35. The van der Waals surface area contributed by atoms with E-state index in [9.17, 15) is 9.59 Å². The lowest BCUT2D eigenvalue weighted by atomic mass is 10.1. The molecule has 0 spiro atoms. The molecule has 4 rings (SSSR count). The van der Waals surface area contributed by atoms with Crippen LogP contribution in [0, 0.1) is 5.82 Å². The predicted molar refractivity (Wildman–Crippen MR) is 159 cm³/mol. The number of anilines is 2. The Morgan fingerprint density at radius 2 is 1.24 bits per heavy atom. The number of carbonyl (C=O) groups is 2. The van der Waals surface area contributed by atoms with Crippen LogP contribution < -0.4 is 9.80 Å². The van der Waals surface area contributed by atoms with Gasteiger partial charge in [-0.3, -0.25) is 0 Å². The minimum Gasteiger partial charge on any atom is -0.443 e. The van der Waals surface area contributed by atoms with Crippen LogP contribution in [0.1, 0.15) is 52.7 Å². The molecule has 0 atom stereocenters. The molecule has 1 aromatic heterocycles. The quantitative estimate of drug-likeness (QED) is 0.238. The Hall–Kier alpha value is -4.46. The van der Waals surface area contributed by atoms with E-state index in [4.69, 9.17) is 9.47 Å². The largest absolute Gasteiger partial charge is 0.443 e. The second-order valence-electron chi connectivity index (χ2n) is 11.8. The van der Waals surface area contributed by atoms with E-state index in [1.165, 1.54) is 12.3 Å². The first-order chi connectivity index (χ1) is 19.3. The molecular formula is C33H36FN3O4. The Morgan fingerprint density at radius 1 is 0.756 bits per heavy atom. The Kier molecular flexibility index (Phi) is 8.61. The third-order valence-electron chi connectivity index (χ3n) is 5.95. The van der Waals surface area contributed by atoms with Crippen molar-refractivity contribution in [2.24, 2.45) is 0 Å². The summed E-state index contributed by atoms with van der Waals surface area (Å²) in [4.78, 5) is 33.5. The van der Waals surface area contributed by atoms with Crippen molar-refractivity contribution in [1.29, 1.82) is 0 Å². The minimum absolute atomic E-state index is 0.0749. The van der Waals surface area contributed by atoms with Gasteiger partial charge in [-0.25, -0.2) is 19.0 Å². The molecule has 2 amide bonds. The maximum absolute atomic E-state index is 16.0. The molecule has 0 aliphatic rings. The first-order valence-electron chi connectivity index (χ1n) is 13.5. The number of nitrogens with zero attached hydrogens (tertiary/aromatic N) is 3. The average molecular weight is 558 g/mol. The zero-order chi connectivity index (χ0) is 29.8. The summed E-state index contributed by atoms with van der Waals surface area (Å²) < 4.78 is 27.1. The van der Waals surface area contributed by atoms with Crippen molar-refractivity contribution >= 4 is 34.5 Å². The fourth-order valence-electron chi connectivity index (χ4n) is 4.28. The molecule has 0 aliphatic heterocycles. The summed E-state index contributed by atoms with van der Waals surface area (Å²) >= 11 is 0. The van der Waals surface area contributed by atoms with E-state index in [1.54, 1.807) is 53.7 Å². The lowest BCUT2D eigenvalue weighted by Crippen LogP contribution is -2.44. The molecule has 1 heterocycles. The topological polar surface area (TPSA) is 72.0 Å². The number of carbonyl (C=O) groups excluding carboxylic acids is 2. The zero-order valence-corrected chi connectivity index (χ0v) is 24.3. The molecule has 7 nitrogen and oxygen atoms in total. The van der Waals surface area contributed by atoms with E-state index in [-0.39, 0.29) is 11.2 Å². The van der Waals surface area contributed by atoms with Crippen LogP contribution in [0.2, 0.25) is 0 Å². The summed E-state index contributed by atoms with van der Waals surface area (Å²) in [5, 5.41) is 0.861. The summed E-state index contributed by atoms with van der Waals surface area (Å²) in [5.41, 5.74) is 0.646. The van der Waals surface area contributed by atoms with Crippen LogP contribution in [-0.4, -0.2) is 28.4 Å². The third-order valence-corrected chi connectivity index (χ3v) is 5.95. The van der Waals surface area contributed by atoms with Crippen molar-refractivity contribution in [3.8, 4) is 0 Å². The second kappa shape index (κ2) is 12.0. The summed E-state index contributed by atoms with van der Waals surface area (Å²) in [6.07, 6.45) is -0.461. The number of hydrogen-bond donors (Lipinski definition) is 0. The van der Waals surface area contributed by atoms with E-state index in [0.717, 1.165) is 16.0 Å². The number of hydrogen-bond acceptors (Lipinski definition) is 6. The smallest absolute Gasteiger partial charge is 0.425 e. The number of amides is 2. The molecule has 41 heavy (non-hydrogen) atoms. The average Bonchev–Trinajstić information content (AvgIpc) is 2.87. The second-order valence-corrected chi connectivity index (χ2v) is 11.8. The van der Waals surface area contributed by atoms with Crippen LogP contribution in [0.5, 0.6) is 0 Å². The van der Waals surface area contributed by atoms with Gasteiger partial charge in [-0.2, -0.15) is 4.90 Å². The van der Waals surface area contributed by atoms with Gasteiger partial charge in [0.2, 0.25) is 0 Å². The van der Waals surface area contributed by atoms with Gasteiger partial charge in [0.15, 0.2) is 5.82 Å². The van der Waals surface area contributed by atoms with Gasteiger partial charge >= 0.3 is 12.2 Å². The van der Waals surface area contributed by atoms with E-state index < -0.39 is 29.2 Å². The van der Waals surface area contributed by atoms with Gasteiger partial charge in [-0.05, 0) is 76.3 Å². The van der Waals surface area contributed by atoms with Gasteiger partial charge < -0.3 is 14.4 Å². The lowest BCUT2D eigenvalue weighted by molar-refractivity contribution is 0.0429. The Bertz CT molecular complexity index is 1440. The molecule has 3 aromatic carbocycles. The van der Waals surface area contributed by atoms with Gasteiger partial charge in [0.1, 0.15) is 17.0 Å². The fourth-order valence-corrected chi connectivity index (χ4v) is 4.28. The van der Waals surface area contributed by atoms with Gasteiger partial charge in [0, 0.05) is 24.7 Å². The van der Waals surface area contributed by atoms with E-state index >= 15 is 4.39 Å². The van der Waals surface area contributed by atoms with Crippen LogP contribution >= 0.6 is 0 Å². The van der Waals surface area contributed by atoms with Crippen LogP contribution in [0.4, 0.5) is 25.5 Å². The summed E-state index contributed by atoms with van der Waals surface area (Å²) in [5.74, 6) is -0.596. The molecule has 0 N–H and O–H groups in total. The van der Waals surface area contributed by atoms with E-state index in [0.29, 0.717) is 24.2 Å². The lowest BCUT2D eigenvalue weighted by Gasteiger charge is -2.29. The molecule has 0 radical (unpaired) electrons. The number of ether oxygens (including phenoxy) is 2. The molecular weight excluding hydrogens is 521 g/mol. The highest BCUT2D eigenvalue weighted by atomic mass is 19.1. The molecule has 0 saturated heterocycles. The summed E-state index contributed by atoms with van der Waals surface area (Å²) in [7, 11) is 0. The first-order valence-corrected chi connectivity index (χ1v) is 13.5. The molecule has 0 unspecified atom stereocenters. The number of aromatic nitrogens is 1. The number of pyridine rings is 1. The first kappa shape index (κ1) is 29.5. The van der Waals surface area contributed by atoms with Crippen molar-refractivity contribution < 1.29 is 23.5 Å². The van der Waals surface area contributed by atoms with Gasteiger partial charge in [0.05, 0.1) is 5.69 Å². The number of benzene rings is 3. The van der Waals surface area contributed by atoms with Gasteiger partial charge in [0.25, 0.3) is 0 Å². The van der Waals surface area contributed by atoms with Crippen molar-refractivity contribution in [2.75, 3.05) is 9.80 Å². The Labute approximate surface area is 240 Å². The van der Waals surface area contributed by atoms with Crippen LogP contribution in [-0.2, 0) is 22.6 Å². The fraction of sp³-hybridized carbons (Fsp3) is 0.303. The van der Waals surface area contributed by atoms with Crippen molar-refractivity contribution in [2.45, 2.75) is 65.8 Å². The minimum atomic E-state index is -0.967. The highest BCUT2D eigenvalue weighted by Crippen LogP contribution is 2.34. The molecule has 214 valence electrons. The van der Waals surface area contributed by atoms with Gasteiger partial charge in [-0.1, -0.05) is 60.7 Å². The zero-order valence-electron chi connectivity index (χ0n) is 24.3. The maximum atomic E-state index is 16.0. The number of imide groups is 1. The SMILES string of the molecule is CC(C)(C)OC(=O)N(C(=O)OC(C)(C)C)c1nccc2cc(N(Cc3ccccc3)Cc3ccccc3)c(F)cc12. The molecule has 4 aromatic rings. The van der Waals surface area contributed by atoms with Crippen molar-refractivity contribution in [3.63, 3.8) is 0 Å². The molecule has 0 saturated carbocycles. The summed E-state index contributed by atoms with van der Waals surface area (Å²) in [6, 6.07) is 24.4. The highest BCUT2D eigenvalue weighted by molar-refractivity contribution is 6.14. The predicted octanol–water partition coefficient (Wildman–Crippen LogP) is 8.26. The number of halogens is 1. The molecule has 0 bridgehead atoms. The standard InChI is InChI=1S/C33H36FN3O4/c1-32(2,3)40-30(38)37(31(39)41-33(4,5)6)29-26-20-27(34)28(19-25(26)17-18-35-29)36(21-23-13-9-7-10-14-23)22-24-15-11-8-12-16-24/h7-20H,21-22H2,1-6H3. The molecule has 0 aliphatic carbocycles. The Morgan fingerprint density at radius 3 is 1.71 bits per heavy atom. The molecule has 8 heteroatoms. The number of fused-ring (bicyclic) bond motifs is 1. The number of rotatable bonds is 6. The van der Waals surface area contributed by atoms with Crippen molar-refractivity contribution in [3.05, 3.63) is 102 Å². The van der Waals surface area contributed by atoms with Crippen LogP contribution in [0.25, 0.3) is 10.8 Å². The maximum Gasteiger partial charge on any atom is 0.425 e. The van der Waals surface area contributed by atoms with E-state index in [2.05, 4.69) is 4.98 Å². The van der Waals surface area contributed by atoms with Crippen molar-refractivity contribution in [1.82, 2.24) is 4.98 Å².